The second-order valence-corrected chi connectivity index (χ2v) is 4.63. The number of anilines is 1. The zero-order valence-corrected chi connectivity index (χ0v) is 11.6. The minimum atomic E-state index is -0.119. The lowest BCUT2D eigenvalue weighted by molar-refractivity contribution is 0.566. The summed E-state index contributed by atoms with van der Waals surface area (Å²) in [6, 6.07) is 1.87. The molecule has 96 valence electrons. The minimum absolute atomic E-state index is 0.119. The van der Waals surface area contributed by atoms with Gasteiger partial charge in [0.05, 0.1) is 24.1 Å². The zero-order valence-electron chi connectivity index (χ0n) is 9.98. The summed E-state index contributed by atoms with van der Waals surface area (Å²) in [4.78, 5) is 11.9. The van der Waals surface area contributed by atoms with Gasteiger partial charge < -0.3 is 5.32 Å². The topological polar surface area (TPSA) is 75.6 Å². The second-order valence-electron chi connectivity index (χ2n) is 3.84. The summed E-state index contributed by atoms with van der Waals surface area (Å²) in [5, 5.41) is 13.9. The average molecular weight is 312 g/mol. The Hall–Kier alpha value is -1.63. The number of H-pyrrole nitrogens is 1. The Kier molecular flexibility index (Phi) is 4.14. The van der Waals surface area contributed by atoms with Gasteiger partial charge in [-0.15, -0.1) is 0 Å². The Morgan fingerprint density at radius 1 is 1.56 bits per heavy atom. The second kappa shape index (κ2) is 5.81. The molecule has 7 heteroatoms. The van der Waals surface area contributed by atoms with Gasteiger partial charge in [-0.2, -0.15) is 10.2 Å². The third kappa shape index (κ3) is 2.79. The predicted molar refractivity (Wildman–Crippen MR) is 72.4 cm³/mol. The van der Waals surface area contributed by atoms with Crippen LogP contribution < -0.4 is 10.9 Å². The van der Waals surface area contributed by atoms with Crippen molar-refractivity contribution >= 4 is 21.6 Å². The molecule has 0 bridgehead atoms. The summed E-state index contributed by atoms with van der Waals surface area (Å²) in [7, 11) is 0. The van der Waals surface area contributed by atoms with Gasteiger partial charge >= 0.3 is 0 Å². The van der Waals surface area contributed by atoms with Crippen molar-refractivity contribution in [1.82, 2.24) is 20.0 Å². The van der Waals surface area contributed by atoms with E-state index in [-0.39, 0.29) is 5.56 Å². The van der Waals surface area contributed by atoms with Crippen LogP contribution in [-0.2, 0) is 13.1 Å². The highest BCUT2D eigenvalue weighted by Crippen LogP contribution is 2.16. The van der Waals surface area contributed by atoms with E-state index in [9.17, 15) is 4.79 Å². The lowest BCUT2D eigenvalue weighted by Gasteiger charge is -2.09. The number of hydrogen-bond donors (Lipinski definition) is 2. The van der Waals surface area contributed by atoms with Crippen LogP contribution >= 0.6 is 15.9 Å². The van der Waals surface area contributed by atoms with Crippen LogP contribution in [0.1, 0.15) is 19.0 Å². The lowest BCUT2D eigenvalue weighted by Crippen LogP contribution is -2.24. The van der Waals surface area contributed by atoms with Crippen LogP contribution in [0.5, 0.6) is 0 Å². The molecule has 0 fully saturated rings. The number of hydrogen-bond acceptors (Lipinski definition) is 4. The largest absolute Gasteiger partial charge is 0.377 e. The van der Waals surface area contributed by atoms with E-state index in [1.165, 1.54) is 4.68 Å². The van der Waals surface area contributed by atoms with E-state index in [2.05, 4.69) is 36.5 Å². The fourth-order valence-electron chi connectivity index (χ4n) is 1.53. The van der Waals surface area contributed by atoms with Crippen LogP contribution in [0.3, 0.4) is 0 Å². The minimum Gasteiger partial charge on any atom is -0.377 e. The van der Waals surface area contributed by atoms with Gasteiger partial charge in [-0.3, -0.25) is 9.89 Å². The third-order valence-electron chi connectivity index (χ3n) is 2.45. The van der Waals surface area contributed by atoms with Crippen LogP contribution in [0.2, 0.25) is 0 Å². The molecule has 0 aliphatic rings. The van der Waals surface area contributed by atoms with E-state index in [1.807, 2.05) is 13.0 Å². The lowest BCUT2D eigenvalue weighted by atomic mass is 10.4. The molecule has 0 saturated heterocycles. The smallest absolute Gasteiger partial charge is 0.283 e. The predicted octanol–water partition coefficient (Wildman–Crippen LogP) is 1.75. The Morgan fingerprint density at radius 3 is 3.06 bits per heavy atom. The van der Waals surface area contributed by atoms with Gasteiger partial charge in [-0.1, -0.05) is 6.92 Å². The third-order valence-corrected chi connectivity index (χ3v) is 3.21. The first-order valence-corrected chi connectivity index (χ1v) is 6.49. The molecule has 0 atom stereocenters. The van der Waals surface area contributed by atoms with E-state index < -0.39 is 0 Å². The average Bonchev–Trinajstić information content (AvgIpc) is 2.87. The van der Waals surface area contributed by atoms with E-state index in [4.69, 9.17) is 0 Å². The van der Waals surface area contributed by atoms with Crippen molar-refractivity contribution in [3.8, 4) is 0 Å². The molecule has 0 unspecified atom stereocenters. The van der Waals surface area contributed by atoms with Crippen molar-refractivity contribution < 1.29 is 0 Å². The highest BCUT2D eigenvalue weighted by molar-refractivity contribution is 9.10. The quantitative estimate of drug-likeness (QED) is 0.882. The first-order chi connectivity index (χ1) is 8.72. The van der Waals surface area contributed by atoms with Gasteiger partial charge in [-0.05, 0) is 28.4 Å². The van der Waals surface area contributed by atoms with Crippen molar-refractivity contribution in [2.24, 2.45) is 0 Å². The van der Waals surface area contributed by atoms with Crippen molar-refractivity contribution in [2.45, 2.75) is 26.4 Å². The molecule has 0 aliphatic carbocycles. The molecule has 0 radical (unpaired) electrons. The van der Waals surface area contributed by atoms with E-state index >= 15 is 0 Å². The molecular weight excluding hydrogens is 298 g/mol. The van der Waals surface area contributed by atoms with Crippen molar-refractivity contribution in [1.29, 1.82) is 0 Å². The number of nitrogens with zero attached hydrogens (tertiary/aromatic N) is 3. The van der Waals surface area contributed by atoms with E-state index in [0.717, 1.165) is 12.1 Å². The van der Waals surface area contributed by atoms with E-state index in [0.29, 0.717) is 23.2 Å². The maximum Gasteiger partial charge on any atom is 0.283 e. The summed E-state index contributed by atoms with van der Waals surface area (Å²) < 4.78 is 1.95. The zero-order chi connectivity index (χ0) is 13.0. The molecule has 0 amide bonds. The summed E-state index contributed by atoms with van der Waals surface area (Å²) in [5.74, 6) is 0. The number of aryl methyl sites for hydroxylation is 1. The van der Waals surface area contributed by atoms with Crippen molar-refractivity contribution in [3.05, 3.63) is 39.0 Å². The molecule has 2 aromatic rings. The highest BCUT2D eigenvalue weighted by Gasteiger charge is 2.08. The Bertz CT molecular complexity index is 563. The molecule has 0 spiro atoms. The van der Waals surface area contributed by atoms with Crippen LogP contribution in [0.4, 0.5) is 5.69 Å². The van der Waals surface area contributed by atoms with Gasteiger partial charge in [0.2, 0.25) is 0 Å². The van der Waals surface area contributed by atoms with Crippen LogP contribution in [0.15, 0.2) is 27.7 Å². The number of aromatic nitrogens is 4. The van der Waals surface area contributed by atoms with Crippen molar-refractivity contribution in [3.63, 3.8) is 0 Å². The first-order valence-electron chi connectivity index (χ1n) is 5.70. The highest BCUT2D eigenvalue weighted by atomic mass is 79.9. The summed E-state index contributed by atoms with van der Waals surface area (Å²) in [5.41, 5.74) is 1.51. The Morgan fingerprint density at radius 2 is 2.39 bits per heavy atom. The van der Waals surface area contributed by atoms with Crippen LogP contribution in [0, 0.1) is 0 Å². The molecule has 2 aromatic heterocycles. The van der Waals surface area contributed by atoms with Gasteiger partial charge in [0.25, 0.3) is 5.56 Å². The molecule has 0 aliphatic heterocycles. The summed E-state index contributed by atoms with van der Waals surface area (Å²) in [6.07, 6.45) is 4.21. The maximum absolute atomic E-state index is 11.9. The molecule has 2 N–H and O–H groups in total. The van der Waals surface area contributed by atoms with E-state index in [1.54, 1.807) is 12.4 Å². The van der Waals surface area contributed by atoms with Gasteiger partial charge in [0.1, 0.15) is 4.47 Å². The molecule has 18 heavy (non-hydrogen) atoms. The number of halogens is 1. The number of nitrogens with one attached hydrogen (secondary N) is 2. The normalized spacial score (nSPS) is 10.6. The van der Waals surface area contributed by atoms with Crippen LogP contribution in [0.25, 0.3) is 0 Å². The fraction of sp³-hybridized carbons (Fsp3) is 0.364. The monoisotopic (exact) mass is 311 g/mol. The molecule has 6 nitrogen and oxygen atoms in total. The molecule has 0 aromatic carbocycles. The first kappa shape index (κ1) is 12.8. The number of rotatable bonds is 5. The maximum atomic E-state index is 11.9. The van der Waals surface area contributed by atoms with Crippen LogP contribution in [-0.4, -0.2) is 20.0 Å². The standard InChI is InChI=1S/C11H14BrN5O/c1-2-5-17-11(18)10(12)9(7-15-17)13-6-8-3-4-14-16-8/h3-4,7,13H,2,5-6H2,1H3,(H,14,16). The van der Waals surface area contributed by atoms with Crippen molar-refractivity contribution in [2.75, 3.05) is 5.32 Å². The molecular formula is C11H14BrN5O. The fourth-order valence-corrected chi connectivity index (χ4v) is 1.98. The Balaban J connectivity index is 2.14. The number of aromatic amines is 1. The van der Waals surface area contributed by atoms with Gasteiger partial charge in [0, 0.05) is 12.7 Å². The molecule has 2 heterocycles. The van der Waals surface area contributed by atoms with Gasteiger partial charge in [-0.25, -0.2) is 4.68 Å². The summed E-state index contributed by atoms with van der Waals surface area (Å²) in [6.45, 7) is 3.20. The molecule has 0 saturated carbocycles. The SMILES string of the molecule is CCCn1ncc(NCc2ccn[nH]2)c(Br)c1=O. The van der Waals surface area contributed by atoms with Gasteiger partial charge in [0.15, 0.2) is 0 Å². The Labute approximate surface area is 113 Å². The molecule has 2 rings (SSSR count). The summed E-state index contributed by atoms with van der Waals surface area (Å²) >= 11 is 3.30.